The van der Waals surface area contributed by atoms with Gasteiger partial charge in [0.2, 0.25) is 0 Å². The van der Waals surface area contributed by atoms with Crippen LogP contribution >= 0.6 is 0 Å². The summed E-state index contributed by atoms with van der Waals surface area (Å²) in [5, 5.41) is 0. The molecular formula is C14H29N3Si2. The first-order valence-electron chi connectivity index (χ1n) is 6.98. The predicted octanol–water partition coefficient (Wildman–Crippen LogP) is 3.15. The van der Waals surface area contributed by atoms with E-state index >= 15 is 0 Å². The van der Waals surface area contributed by atoms with Gasteiger partial charge in [-0.3, -0.25) is 4.98 Å². The molecule has 0 aliphatic carbocycles. The minimum Gasteiger partial charge on any atom is -0.335 e. The van der Waals surface area contributed by atoms with Crippen molar-refractivity contribution in [3.05, 3.63) is 30.1 Å². The summed E-state index contributed by atoms with van der Waals surface area (Å²) in [6.45, 7) is 17.2. The molecule has 0 bridgehead atoms. The molecule has 108 valence electrons. The molecule has 0 aliphatic rings. The van der Waals surface area contributed by atoms with Gasteiger partial charge in [-0.2, -0.15) is 0 Å². The van der Waals surface area contributed by atoms with Crippen LogP contribution in [0.4, 0.5) is 0 Å². The molecule has 0 saturated carbocycles. The maximum Gasteiger partial charge on any atom is 0.117 e. The van der Waals surface area contributed by atoms with Crippen molar-refractivity contribution in [2.24, 2.45) is 0 Å². The molecule has 0 aromatic carbocycles. The molecule has 5 heteroatoms. The molecule has 0 amide bonds. The summed E-state index contributed by atoms with van der Waals surface area (Å²) >= 11 is 0. The number of rotatable bonds is 6. The molecule has 2 N–H and O–H groups in total. The Morgan fingerprint density at radius 3 is 2.11 bits per heavy atom. The van der Waals surface area contributed by atoms with E-state index in [2.05, 4.69) is 73.3 Å². The highest BCUT2D eigenvalue weighted by Gasteiger charge is 2.33. The molecule has 1 heterocycles. The molecule has 0 fully saturated rings. The highest BCUT2D eigenvalue weighted by molar-refractivity contribution is 6.74. The summed E-state index contributed by atoms with van der Waals surface area (Å²) < 4.78 is 0. The topological polar surface area (TPSA) is 37.0 Å². The highest BCUT2D eigenvalue weighted by atomic mass is 28.3. The molecule has 1 atom stereocenters. The van der Waals surface area contributed by atoms with E-state index in [9.17, 15) is 0 Å². The van der Waals surface area contributed by atoms with Gasteiger partial charge in [0.15, 0.2) is 0 Å². The lowest BCUT2D eigenvalue weighted by Gasteiger charge is -2.38. The van der Waals surface area contributed by atoms with Crippen molar-refractivity contribution in [3.8, 4) is 0 Å². The van der Waals surface area contributed by atoms with E-state index in [1.807, 2.05) is 12.3 Å². The zero-order chi connectivity index (χ0) is 14.7. The van der Waals surface area contributed by atoms with Crippen molar-refractivity contribution in [1.29, 1.82) is 0 Å². The third kappa shape index (κ3) is 5.99. The Morgan fingerprint density at radius 2 is 1.68 bits per heavy atom. The van der Waals surface area contributed by atoms with Crippen molar-refractivity contribution in [3.63, 3.8) is 0 Å². The van der Waals surface area contributed by atoms with Crippen LogP contribution in [-0.4, -0.2) is 28.0 Å². The van der Waals surface area contributed by atoms with Crippen molar-refractivity contribution in [2.45, 2.75) is 51.7 Å². The summed E-state index contributed by atoms with van der Waals surface area (Å²) in [7, 11) is -2.66. The first kappa shape index (κ1) is 16.6. The van der Waals surface area contributed by atoms with Gasteiger partial charge in [0.1, 0.15) is 16.5 Å². The maximum atomic E-state index is 4.57. The fourth-order valence-electron chi connectivity index (χ4n) is 2.16. The first-order valence-corrected chi connectivity index (χ1v) is 14.0. The van der Waals surface area contributed by atoms with Crippen molar-refractivity contribution in [2.75, 3.05) is 6.54 Å². The number of hydrogen-bond acceptors (Lipinski definition) is 3. The number of hydrogen-bond donors (Lipinski definition) is 2. The van der Waals surface area contributed by atoms with E-state index in [0.717, 1.165) is 12.2 Å². The Balaban J connectivity index is 2.97. The first-order chi connectivity index (χ1) is 8.52. The number of nitrogens with zero attached hydrogens (tertiary/aromatic N) is 1. The number of nitrogens with one attached hydrogen (secondary N) is 2. The lowest BCUT2D eigenvalue weighted by atomic mass is 9.99. The van der Waals surface area contributed by atoms with Crippen LogP contribution in [0, 0.1) is 0 Å². The van der Waals surface area contributed by atoms with E-state index in [4.69, 9.17) is 0 Å². The van der Waals surface area contributed by atoms with Crippen LogP contribution in [0.15, 0.2) is 24.4 Å². The van der Waals surface area contributed by atoms with Crippen molar-refractivity contribution < 1.29 is 0 Å². The summed E-state index contributed by atoms with van der Waals surface area (Å²) in [4.78, 5) is 12.2. The van der Waals surface area contributed by atoms with Gasteiger partial charge in [-0.25, -0.2) is 0 Å². The summed E-state index contributed by atoms with van der Waals surface area (Å²) in [6.07, 6.45) is 1.88. The number of aromatic nitrogens is 1. The zero-order valence-corrected chi connectivity index (χ0v) is 15.5. The molecule has 1 rings (SSSR count). The third-order valence-corrected chi connectivity index (χ3v) is 5.39. The van der Waals surface area contributed by atoms with Crippen LogP contribution in [0.25, 0.3) is 0 Å². The fourth-order valence-corrected chi connectivity index (χ4v) is 4.91. The molecule has 0 saturated heterocycles. The minimum absolute atomic E-state index is 0.0913. The van der Waals surface area contributed by atoms with E-state index in [1.165, 1.54) is 0 Å². The van der Waals surface area contributed by atoms with Gasteiger partial charge in [0.05, 0.1) is 11.2 Å². The minimum atomic E-state index is -1.39. The van der Waals surface area contributed by atoms with Crippen LogP contribution in [0.1, 0.15) is 12.6 Å². The molecule has 0 aliphatic heterocycles. The standard InChI is InChI=1S/C14H29N3Si2/c1-14(17-19(5,6)7,12-16-18(2,3)4)13-10-8-9-11-15-13/h8-11,16-17H,12H2,1-7H3/t14-/m0/s1. The lowest BCUT2D eigenvalue weighted by Crippen LogP contribution is -2.60. The van der Waals surface area contributed by atoms with Crippen molar-refractivity contribution >= 4 is 16.5 Å². The van der Waals surface area contributed by atoms with Gasteiger partial charge >= 0.3 is 0 Å². The van der Waals surface area contributed by atoms with Gasteiger partial charge in [0, 0.05) is 12.7 Å². The Kier molecular flexibility index (Phi) is 5.11. The molecule has 1 aromatic heterocycles. The maximum absolute atomic E-state index is 4.57. The molecule has 0 unspecified atom stereocenters. The lowest BCUT2D eigenvalue weighted by molar-refractivity contribution is 0.419. The second-order valence-electron chi connectivity index (χ2n) is 7.53. The normalized spacial score (nSPS) is 16.2. The average molecular weight is 296 g/mol. The smallest absolute Gasteiger partial charge is 0.117 e. The van der Waals surface area contributed by atoms with Gasteiger partial charge in [-0.15, -0.1) is 0 Å². The van der Waals surface area contributed by atoms with Crippen LogP contribution in [0.2, 0.25) is 39.3 Å². The average Bonchev–Trinajstić information content (AvgIpc) is 2.25. The van der Waals surface area contributed by atoms with Crippen LogP contribution in [-0.2, 0) is 5.54 Å². The van der Waals surface area contributed by atoms with Crippen LogP contribution in [0.3, 0.4) is 0 Å². The van der Waals surface area contributed by atoms with E-state index < -0.39 is 16.5 Å². The molecule has 1 aromatic rings. The Hall–Kier alpha value is -0.496. The van der Waals surface area contributed by atoms with Crippen molar-refractivity contribution in [1.82, 2.24) is 14.9 Å². The van der Waals surface area contributed by atoms with E-state index in [-0.39, 0.29) is 5.54 Å². The van der Waals surface area contributed by atoms with E-state index in [0.29, 0.717) is 0 Å². The van der Waals surface area contributed by atoms with Gasteiger partial charge < -0.3 is 9.96 Å². The summed E-state index contributed by atoms with van der Waals surface area (Å²) in [5.41, 5.74) is 1.04. The number of pyridine rings is 1. The summed E-state index contributed by atoms with van der Waals surface area (Å²) in [5.74, 6) is 0. The second kappa shape index (κ2) is 5.87. The Morgan fingerprint density at radius 1 is 1.05 bits per heavy atom. The Labute approximate surface area is 120 Å². The van der Waals surface area contributed by atoms with E-state index in [1.54, 1.807) is 0 Å². The fraction of sp³-hybridized carbons (Fsp3) is 0.643. The van der Waals surface area contributed by atoms with Gasteiger partial charge in [-0.1, -0.05) is 45.3 Å². The summed E-state index contributed by atoms with van der Waals surface area (Å²) in [6, 6.07) is 6.17. The third-order valence-electron chi connectivity index (χ3n) is 2.85. The Bertz CT molecular complexity index is 395. The molecule has 0 radical (unpaired) electrons. The predicted molar refractivity (Wildman–Crippen MR) is 89.4 cm³/mol. The second-order valence-corrected chi connectivity index (χ2v) is 17.1. The zero-order valence-electron chi connectivity index (χ0n) is 13.5. The SMILES string of the molecule is C[C@@](CN[Si](C)(C)C)(N[Si](C)(C)C)c1ccccn1. The monoisotopic (exact) mass is 295 g/mol. The molecule has 19 heavy (non-hydrogen) atoms. The van der Waals surface area contributed by atoms with Crippen LogP contribution < -0.4 is 9.96 Å². The molecular weight excluding hydrogens is 266 g/mol. The largest absolute Gasteiger partial charge is 0.335 e. The van der Waals surface area contributed by atoms with Gasteiger partial charge in [-0.05, 0) is 19.1 Å². The van der Waals surface area contributed by atoms with Gasteiger partial charge in [0.25, 0.3) is 0 Å². The quantitative estimate of drug-likeness (QED) is 0.792. The molecule has 0 spiro atoms. The molecule has 3 nitrogen and oxygen atoms in total. The van der Waals surface area contributed by atoms with Crippen LogP contribution in [0.5, 0.6) is 0 Å². The highest BCUT2D eigenvalue weighted by Crippen LogP contribution is 2.21.